The van der Waals surface area contributed by atoms with Crippen LogP contribution < -0.4 is 5.32 Å². The number of nitrogens with one attached hydrogen (secondary N) is 1. The first-order chi connectivity index (χ1) is 14.4. The monoisotopic (exact) mass is 460 g/mol. The number of ether oxygens (including phenoxy) is 1. The number of carboxylic acid groups (broad SMARTS) is 1. The van der Waals surface area contributed by atoms with Gasteiger partial charge in [0.2, 0.25) is 5.91 Å². The maximum Gasteiger partial charge on any atom is 0.326 e. The van der Waals surface area contributed by atoms with Gasteiger partial charge < -0.3 is 14.7 Å². The van der Waals surface area contributed by atoms with E-state index >= 15 is 0 Å². The van der Waals surface area contributed by atoms with Crippen LogP contribution in [-0.4, -0.2) is 81.6 Å². The molecule has 9 heteroatoms. The molecule has 0 aromatic heterocycles. The van der Waals surface area contributed by atoms with Gasteiger partial charge in [0.05, 0.1) is 12.6 Å². The third kappa shape index (κ3) is 7.96. The zero-order valence-corrected chi connectivity index (χ0v) is 19.8. The van der Waals surface area contributed by atoms with Gasteiger partial charge in [0.25, 0.3) is 0 Å². The molecule has 2 N–H and O–H groups in total. The van der Waals surface area contributed by atoms with Gasteiger partial charge in [-0.2, -0.15) is 23.5 Å². The van der Waals surface area contributed by atoms with E-state index in [4.69, 9.17) is 4.74 Å². The number of esters is 1. The molecular weight excluding hydrogens is 424 g/mol. The van der Waals surface area contributed by atoms with E-state index in [0.29, 0.717) is 25.1 Å². The van der Waals surface area contributed by atoms with Crippen molar-refractivity contribution >= 4 is 41.4 Å². The molecule has 0 bridgehead atoms. The van der Waals surface area contributed by atoms with Crippen molar-refractivity contribution in [3.8, 4) is 0 Å². The summed E-state index contributed by atoms with van der Waals surface area (Å²) < 4.78 is 5.18. The summed E-state index contributed by atoms with van der Waals surface area (Å²) in [6, 6.07) is -2.00. The largest absolute Gasteiger partial charge is 0.480 e. The molecule has 1 saturated heterocycles. The molecule has 0 radical (unpaired) electrons. The van der Waals surface area contributed by atoms with E-state index in [-0.39, 0.29) is 18.5 Å². The van der Waals surface area contributed by atoms with Gasteiger partial charge in [-0.1, -0.05) is 19.3 Å². The molecule has 1 amide bonds. The fraction of sp³-hybridized carbons (Fsp3) is 0.857. The average Bonchev–Trinajstić information content (AvgIpc) is 3.23. The lowest BCUT2D eigenvalue weighted by molar-refractivity contribution is -0.150. The molecule has 1 heterocycles. The maximum absolute atomic E-state index is 12.8. The van der Waals surface area contributed by atoms with Crippen molar-refractivity contribution in [3.63, 3.8) is 0 Å². The van der Waals surface area contributed by atoms with Crippen LogP contribution in [0.15, 0.2) is 0 Å². The predicted molar refractivity (Wildman–Crippen MR) is 122 cm³/mol. The summed E-state index contributed by atoms with van der Waals surface area (Å²) in [6.07, 6.45) is 7.83. The van der Waals surface area contributed by atoms with Crippen LogP contribution in [0, 0.1) is 0 Å². The zero-order valence-electron chi connectivity index (χ0n) is 18.1. The average molecular weight is 461 g/mol. The molecular formula is C21H36N2O5S2. The van der Waals surface area contributed by atoms with Gasteiger partial charge in [-0.25, -0.2) is 4.79 Å². The van der Waals surface area contributed by atoms with Crippen LogP contribution in [0.5, 0.6) is 0 Å². The van der Waals surface area contributed by atoms with Gasteiger partial charge in [-0.15, -0.1) is 0 Å². The summed E-state index contributed by atoms with van der Waals surface area (Å²) in [7, 11) is 0. The second-order valence-electron chi connectivity index (χ2n) is 7.93. The Morgan fingerprint density at radius 2 is 1.87 bits per heavy atom. The highest BCUT2D eigenvalue weighted by Crippen LogP contribution is 2.28. The van der Waals surface area contributed by atoms with Crippen LogP contribution in [0.1, 0.15) is 58.8 Å². The van der Waals surface area contributed by atoms with Crippen molar-refractivity contribution in [3.05, 3.63) is 0 Å². The summed E-state index contributed by atoms with van der Waals surface area (Å²) in [5.41, 5.74) is 0. The Hall–Kier alpha value is -0.930. The molecule has 30 heavy (non-hydrogen) atoms. The van der Waals surface area contributed by atoms with Crippen molar-refractivity contribution in [2.45, 2.75) is 82.2 Å². The number of thioether (sulfide) groups is 2. The highest BCUT2D eigenvalue weighted by atomic mass is 32.2. The number of hydrogen-bond donors (Lipinski definition) is 2. The molecule has 1 aliphatic heterocycles. The number of amides is 1. The van der Waals surface area contributed by atoms with Gasteiger partial charge in [0, 0.05) is 29.1 Å². The molecule has 2 rings (SSSR count). The molecule has 2 aliphatic rings. The second-order valence-corrected chi connectivity index (χ2v) is 10.5. The summed E-state index contributed by atoms with van der Waals surface area (Å²) in [6.45, 7) is 4.18. The Morgan fingerprint density at radius 3 is 2.53 bits per heavy atom. The number of likely N-dealkylation sites (tertiary alicyclic amines) is 1. The summed E-state index contributed by atoms with van der Waals surface area (Å²) in [5, 5.41) is 13.2. The minimum absolute atomic E-state index is 0.271. The molecule has 0 aromatic carbocycles. The van der Waals surface area contributed by atoms with Crippen molar-refractivity contribution in [1.29, 1.82) is 0 Å². The van der Waals surface area contributed by atoms with Gasteiger partial charge >= 0.3 is 11.9 Å². The van der Waals surface area contributed by atoms with E-state index in [1.165, 1.54) is 37.0 Å². The fourth-order valence-electron chi connectivity index (χ4n) is 4.04. The molecule has 0 aromatic rings. The number of carboxylic acids is 1. The fourth-order valence-corrected chi connectivity index (χ4v) is 6.53. The molecule has 7 nitrogen and oxygen atoms in total. The van der Waals surface area contributed by atoms with E-state index < -0.39 is 24.1 Å². The van der Waals surface area contributed by atoms with Crippen LogP contribution >= 0.6 is 23.5 Å². The van der Waals surface area contributed by atoms with E-state index in [1.807, 2.05) is 11.8 Å². The molecule has 1 aliphatic carbocycles. The van der Waals surface area contributed by atoms with E-state index in [9.17, 15) is 19.5 Å². The zero-order chi connectivity index (χ0) is 21.9. The van der Waals surface area contributed by atoms with E-state index in [0.717, 1.165) is 16.8 Å². The van der Waals surface area contributed by atoms with Crippen molar-refractivity contribution < 1.29 is 24.2 Å². The van der Waals surface area contributed by atoms with Crippen molar-refractivity contribution in [2.75, 3.05) is 30.4 Å². The molecule has 0 spiro atoms. The van der Waals surface area contributed by atoms with Crippen LogP contribution in [0.4, 0.5) is 0 Å². The first kappa shape index (κ1) is 25.3. The number of nitrogens with zero attached hydrogens (tertiary/aromatic N) is 1. The second kappa shape index (κ2) is 13.5. The Morgan fingerprint density at radius 1 is 1.13 bits per heavy atom. The standard InChI is InChI=1S/C21H36N2O5S2/c1-3-28-21(27)17(14-29-12-13-30-16-8-5-4-6-9-16)22-15(2)19(24)23-11-7-10-18(23)20(25)26/h15-18,22H,3-14H2,1-2H3,(H,25,26)/t15-,17-,18-/m0/s1. The Kier molecular flexibility index (Phi) is 11.4. The lowest BCUT2D eigenvalue weighted by atomic mass is 10.0. The summed E-state index contributed by atoms with van der Waals surface area (Å²) in [4.78, 5) is 37.9. The van der Waals surface area contributed by atoms with Gasteiger partial charge in [0.1, 0.15) is 12.1 Å². The van der Waals surface area contributed by atoms with E-state index in [2.05, 4.69) is 5.32 Å². The number of aliphatic carboxylic acids is 1. The Labute approximate surface area is 188 Å². The van der Waals surface area contributed by atoms with Crippen LogP contribution in [0.2, 0.25) is 0 Å². The molecule has 2 fully saturated rings. The highest BCUT2D eigenvalue weighted by molar-refractivity contribution is 8.03. The lowest BCUT2D eigenvalue weighted by Crippen LogP contribution is -2.54. The summed E-state index contributed by atoms with van der Waals surface area (Å²) in [5.74, 6) is 0.944. The third-order valence-corrected chi connectivity index (χ3v) is 8.33. The molecule has 3 atom stereocenters. The number of rotatable bonds is 12. The summed E-state index contributed by atoms with van der Waals surface area (Å²) >= 11 is 3.72. The van der Waals surface area contributed by atoms with Crippen molar-refractivity contribution in [2.24, 2.45) is 0 Å². The van der Waals surface area contributed by atoms with Gasteiger partial charge in [0.15, 0.2) is 0 Å². The van der Waals surface area contributed by atoms with Gasteiger partial charge in [-0.3, -0.25) is 14.9 Å². The third-order valence-electron chi connectivity index (χ3n) is 5.63. The first-order valence-corrected chi connectivity index (χ1v) is 13.3. The SMILES string of the molecule is CCOC(=O)[C@H](CSCCSC1CCCCC1)N[C@@H](C)C(=O)N1CCC[C@H]1C(=O)O. The number of carbonyl (C=O) groups is 3. The predicted octanol–water partition coefficient (Wildman–Crippen LogP) is 2.77. The molecule has 0 unspecified atom stereocenters. The van der Waals surface area contributed by atoms with Crippen molar-refractivity contribution in [1.82, 2.24) is 10.2 Å². The normalized spacial score (nSPS) is 21.9. The van der Waals surface area contributed by atoms with Crippen LogP contribution in [0.25, 0.3) is 0 Å². The van der Waals surface area contributed by atoms with E-state index in [1.54, 1.807) is 25.6 Å². The highest BCUT2D eigenvalue weighted by Gasteiger charge is 2.37. The van der Waals surface area contributed by atoms with Gasteiger partial charge in [-0.05, 0) is 39.5 Å². The number of hydrogen-bond acceptors (Lipinski definition) is 7. The Bertz CT molecular complexity index is 572. The maximum atomic E-state index is 12.8. The number of carbonyl (C=O) groups excluding carboxylic acids is 2. The minimum Gasteiger partial charge on any atom is -0.480 e. The molecule has 172 valence electrons. The molecule has 1 saturated carbocycles. The topological polar surface area (TPSA) is 95.9 Å². The van der Waals surface area contributed by atoms with Crippen LogP contribution in [-0.2, 0) is 19.1 Å². The first-order valence-electron chi connectivity index (χ1n) is 11.1. The quantitative estimate of drug-likeness (QED) is 0.339. The minimum atomic E-state index is -0.971. The smallest absolute Gasteiger partial charge is 0.326 e. The van der Waals surface area contributed by atoms with Crippen LogP contribution in [0.3, 0.4) is 0 Å². The Balaban J connectivity index is 1.80. The lowest BCUT2D eigenvalue weighted by Gasteiger charge is -2.27.